The van der Waals surface area contributed by atoms with Crippen LogP contribution in [0.3, 0.4) is 0 Å². The van der Waals surface area contributed by atoms with Crippen LogP contribution in [0.25, 0.3) is 0 Å². The van der Waals surface area contributed by atoms with Gasteiger partial charge in [0.1, 0.15) is 0 Å². The number of hydrogen-bond donors (Lipinski definition) is 0. The fourth-order valence-electron chi connectivity index (χ4n) is 0.853. The molecule has 0 nitrogen and oxygen atoms in total. The largest absolute Gasteiger partial charge is 0.0876 e. The fraction of sp³-hybridized carbons (Fsp3) is 0.250. The van der Waals surface area contributed by atoms with Gasteiger partial charge >= 0.3 is 0 Å². The highest BCUT2D eigenvalue weighted by molar-refractivity contribution is 14.1. The SMILES string of the molecule is Cc1ccc(Br)c(I)c1CBr. The number of halogens is 3. The molecule has 0 saturated carbocycles. The Morgan fingerprint density at radius 3 is 2.55 bits per heavy atom. The van der Waals surface area contributed by atoms with E-state index in [1.165, 1.54) is 19.2 Å². The minimum atomic E-state index is 0.927. The number of aryl methyl sites for hydroxylation is 1. The molecule has 0 aliphatic heterocycles. The molecule has 0 radical (unpaired) electrons. The van der Waals surface area contributed by atoms with Gasteiger partial charge in [0, 0.05) is 13.4 Å². The predicted octanol–water partition coefficient (Wildman–Crippen LogP) is 4.26. The van der Waals surface area contributed by atoms with E-state index in [0.29, 0.717) is 0 Å². The van der Waals surface area contributed by atoms with Crippen molar-refractivity contribution in [1.29, 1.82) is 0 Å². The van der Waals surface area contributed by atoms with Crippen molar-refractivity contribution in [2.45, 2.75) is 12.3 Å². The van der Waals surface area contributed by atoms with E-state index >= 15 is 0 Å². The van der Waals surface area contributed by atoms with Gasteiger partial charge in [-0.1, -0.05) is 22.0 Å². The number of rotatable bonds is 1. The van der Waals surface area contributed by atoms with Crippen LogP contribution in [0.4, 0.5) is 0 Å². The van der Waals surface area contributed by atoms with Crippen molar-refractivity contribution in [3.63, 3.8) is 0 Å². The van der Waals surface area contributed by atoms with Crippen LogP contribution in [0.2, 0.25) is 0 Å². The quantitative estimate of drug-likeness (QED) is 0.497. The highest BCUT2D eigenvalue weighted by atomic mass is 127. The molecule has 0 aliphatic rings. The van der Waals surface area contributed by atoms with Crippen molar-refractivity contribution < 1.29 is 0 Å². The number of alkyl halides is 1. The zero-order valence-electron chi connectivity index (χ0n) is 6.00. The topological polar surface area (TPSA) is 0 Å². The summed E-state index contributed by atoms with van der Waals surface area (Å²) >= 11 is 9.31. The van der Waals surface area contributed by atoms with Crippen LogP contribution < -0.4 is 0 Å². The van der Waals surface area contributed by atoms with Gasteiger partial charge in [-0.3, -0.25) is 0 Å². The third-order valence-corrected chi connectivity index (χ3v) is 4.76. The molecule has 0 fully saturated rings. The van der Waals surface area contributed by atoms with Crippen molar-refractivity contribution in [2.75, 3.05) is 0 Å². The van der Waals surface area contributed by atoms with Gasteiger partial charge in [-0.25, -0.2) is 0 Å². The molecule has 0 spiro atoms. The van der Waals surface area contributed by atoms with E-state index in [4.69, 9.17) is 0 Å². The molecular formula is C8H7Br2I. The molecule has 0 bridgehead atoms. The maximum Gasteiger partial charge on any atom is 0.0315 e. The van der Waals surface area contributed by atoms with Gasteiger partial charge in [-0.15, -0.1) is 0 Å². The molecule has 11 heavy (non-hydrogen) atoms. The monoisotopic (exact) mass is 388 g/mol. The second-order valence-electron chi connectivity index (χ2n) is 2.29. The molecule has 60 valence electrons. The Kier molecular flexibility index (Phi) is 3.85. The van der Waals surface area contributed by atoms with Crippen LogP contribution in [0, 0.1) is 10.5 Å². The summed E-state index contributed by atoms with van der Waals surface area (Å²) in [5.74, 6) is 0. The molecule has 0 N–H and O–H groups in total. The third-order valence-electron chi connectivity index (χ3n) is 1.56. The van der Waals surface area contributed by atoms with Crippen LogP contribution in [0.15, 0.2) is 16.6 Å². The van der Waals surface area contributed by atoms with Gasteiger partial charge in [0.2, 0.25) is 0 Å². The summed E-state index contributed by atoms with van der Waals surface area (Å²) in [6.45, 7) is 2.13. The van der Waals surface area contributed by atoms with Gasteiger partial charge in [-0.05, 0) is 62.6 Å². The lowest BCUT2D eigenvalue weighted by Gasteiger charge is -2.06. The second kappa shape index (κ2) is 4.23. The van der Waals surface area contributed by atoms with Gasteiger partial charge in [0.25, 0.3) is 0 Å². The first-order valence-corrected chi connectivity index (χ1v) is 6.15. The molecule has 0 saturated heterocycles. The zero-order chi connectivity index (χ0) is 8.43. The van der Waals surface area contributed by atoms with E-state index in [9.17, 15) is 0 Å². The van der Waals surface area contributed by atoms with E-state index in [0.717, 1.165) is 5.33 Å². The predicted molar refractivity (Wildman–Crippen MR) is 64.2 cm³/mol. The Morgan fingerprint density at radius 1 is 1.45 bits per heavy atom. The second-order valence-corrected chi connectivity index (χ2v) is 4.78. The molecule has 1 aromatic carbocycles. The Bertz CT molecular complexity index is 271. The summed E-state index contributed by atoms with van der Waals surface area (Å²) in [4.78, 5) is 0. The maximum absolute atomic E-state index is 3.49. The molecule has 0 amide bonds. The van der Waals surface area contributed by atoms with Crippen LogP contribution in [0.5, 0.6) is 0 Å². The fourth-order valence-corrected chi connectivity index (χ4v) is 3.27. The molecule has 0 heterocycles. The lowest BCUT2D eigenvalue weighted by Crippen LogP contribution is -1.89. The van der Waals surface area contributed by atoms with Gasteiger partial charge in [0.15, 0.2) is 0 Å². The van der Waals surface area contributed by atoms with Gasteiger partial charge < -0.3 is 0 Å². The average Bonchev–Trinajstić information content (AvgIpc) is 1.99. The summed E-state index contributed by atoms with van der Waals surface area (Å²) in [6, 6.07) is 4.21. The maximum atomic E-state index is 3.49. The number of hydrogen-bond acceptors (Lipinski definition) is 0. The highest BCUT2D eigenvalue weighted by Crippen LogP contribution is 2.26. The van der Waals surface area contributed by atoms with Crippen molar-refractivity contribution >= 4 is 54.5 Å². The van der Waals surface area contributed by atoms with Crippen LogP contribution in [0.1, 0.15) is 11.1 Å². The van der Waals surface area contributed by atoms with Crippen molar-refractivity contribution in [3.05, 3.63) is 31.3 Å². The molecular weight excluding hydrogens is 383 g/mol. The summed E-state index contributed by atoms with van der Waals surface area (Å²) in [5, 5.41) is 0.927. The summed E-state index contributed by atoms with van der Waals surface area (Å²) in [6.07, 6.45) is 0. The zero-order valence-corrected chi connectivity index (χ0v) is 11.3. The van der Waals surface area contributed by atoms with E-state index in [-0.39, 0.29) is 0 Å². The third kappa shape index (κ3) is 2.18. The summed E-state index contributed by atoms with van der Waals surface area (Å²) in [7, 11) is 0. The van der Waals surface area contributed by atoms with E-state index in [1.807, 2.05) is 0 Å². The highest BCUT2D eigenvalue weighted by Gasteiger charge is 2.04. The smallest absolute Gasteiger partial charge is 0.0315 e. The molecule has 0 aliphatic carbocycles. The molecule has 0 unspecified atom stereocenters. The minimum Gasteiger partial charge on any atom is -0.0876 e. The van der Waals surface area contributed by atoms with Crippen LogP contribution in [-0.4, -0.2) is 0 Å². The first-order valence-electron chi connectivity index (χ1n) is 3.16. The Labute approximate surface area is 97.2 Å². The summed E-state index contributed by atoms with van der Waals surface area (Å²) in [5.41, 5.74) is 2.72. The lowest BCUT2D eigenvalue weighted by atomic mass is 10.1. The van der Waals surface area contributed by atoms with Crippen LogP contribution in [-0.2, 0) is 5.33 Å². The van der Waals surface area contributed by atoms with Gasteiger partial charge in [0.05, 0.1) is 0 Å². The first-order chi connectivity index (χ1) is 5.16. The standard InChI is InChI=1S/C8H7Br2I/c1-5-2-3-7(10)8(11)6(5)4-9/h2-3H,4H2,1H3. The summed E-state index contributed by atoms with van der Waals surface area (Å²) < 4.78 is 2.48. The molecule has 0 atom stereocenters. The van der Waals surface area contributed by atoms with Crippen molar-refractivity contribution in [1.82, 2.24) is 0 Å². The van der Waals surface area contributed by atoms with E-state index in [1.54, 1.807) is 0 Å². The lowest BCUT2D eigenvalue weighted by molar-refractivity contribution is 1.28. The molecule has 1 aromatic rings. The van der Waals surface area contributed by atoms with Gasteiger partial charge in [-0.2, -0.15) is 0 Å². The van der Waals surface area contributed by atoms with E-state index < -0.39 is 0 Å². The Balaban J connectivity index is 3.29. The Hall–Kier alpha value is 0.910. The number of benzene rings is 1. The first kappa shape index (κ1) is 9.99. The normalized spacial score (nSPS) is 10.2. The Morgan fingerprint density at radius 2 is 2.09 bits per heavy atom. The van der Waals surface area contributed by atoms with Crippen molar-refractivity contribution in [3.8, 4) is 0 Å². The van der Waals surface area contributed by atoms with Crippen molar-refractivity contribution in [2.24, 2.45) is 0 Å². The average molecular weight is 390 g/mol. The molecule has 3 heteroatoms. The molecule has 1 rings (SSSR count). The minimum absolute atomic E-state index is 0.927. The van der Waals surface area contributed by atoms with Crippen LogP contribution >= 0.6 is 54.5 Å². The van der Waals surface area contributed by atoms with E-state index in [2.05, 4.69) is 73.5 Å². The molecule has 0 aromatic heterocycles.